The second-order valence-electron chi connectivity index (χ2n) is 5.91. The molecule has 25 heavy (non-hydrogen) atoms. The highest BCUT2D eigenvalue weighted by Crippen LogP contribution is 2.28. The number of anilines is 1. The van der Waals surface area contributed by atoms with Crippen molar-refractivity contribution in [1.82, 2.24) is 9.78 Å². The number of nitrogens with zero attached hydrogens (tertiary/aromatic N) is 3. The van der Waals surface area contributed by atoms with E-state index in [9.17, 15) is 4.79 Å². The molecule has 0 spiro atoms. The summed E-state index contributed by atoms with van der Waals surface area (Å²) in [5.41, 5.74) is 2.89. The first-order valence-electron chi connectivity index (χ1n) is 8.48. The Labute approximate surface area is 145 Å². The molecule has 0 radical (unpaired) electrons. The van der Waals surface area contributed by atoms with Gasteiger partial charge in [-0.15, -0.1) is 5.10 Å². The summed E-state index contributed by atoms with van der Waals surface area (Å²) < 4.78 is 7.34. The van der Waals surface area contributed by atoms with Crippen LogP contribution in [-0.4, -0.2) is 22.9 Å². The third-order valence-electron chi connectivity index (χ3n) is 4.48. The molecule has 2 aliphatic rings. The van der Waals surface area contributed by atoms with Crippen LogP contribution in [0.4, 0.5) is 5.69 Å². The third kappa shape index (κ3) is 2.58. The molecule has 0 atom stereocenters. The van der Waals surface area contributed by atoms with Crippen molar-refractivity contribution >= 4 is 16.7 Å². The topological polar surface area (TPSA) is 51.3 Å². The minimum absolute atomic E-state index is 0.167. The van der Waals surface area contributed by atoms with E-state index in [1.165, 1.54) is 4.68 Å². The van der Waals surface area contributed by atoms with Crippen LogP contribution in [0.1, 0.15) is 13.8 Å². The lowest BCUT2D eigenvalue weighted by Crippen LogP contribution is -2.21. The number of aromatic nitrogens is 2. The van der Waals surface area contributed by atoms with Crippen LogP contribution < -0.4 is 10.5 Å². The predicted molar refractivity (Wildman–Crippen MR) is 99.8 cm³/mol. The molecule has 5 heteroatoms. The highest BCUT2D eigenvalue weighted by atomic mass is 16.3. The Morgan fingerprint density at radius 2 is 1.80 bits per heavy atom. The molecule has 0 aliphatic carbocycles. The summed E-state index contributed by atoms with van der Waals surface area (Å²) in [5.74, 6) is 0.359. The first-order chi connectivity index (χ1) is 12.2. The van der Waals surface area contributed by atoms with Crippen molar-refractivity contribution in [3.63, 3.8) is 0 Å². The maximum atomic E-state index is 12.7. The highest BCUT2D eigenvalue weighted by Gasteiger charge is 2.19. The number of para-hydroxylation sites is 1. The minimum atomic E-state index is -0.167. The van der Waals surface area contributed by atoms with E-state index in [2.05, 4.69) is 29.9 Å². The van der Waals surface area contributed by atoms with Crippen LogP contribution in [0.15, 0.2) is 63.8 Å². The van der Waals surface area contributed by atoms with Gasteiger partial charge in [0.15, 0.2) is 0 Å². The van der Waals surface area contributed by atoms with Gasteiger partial charge in [-0.2, -0.15) is 4.68 Å². The molecule has 0 amide bonds. The normalized spacial score (nSPS) is 11.3. The predicted octanol–water partition coefficient (Wildman–Crippen LogP) is 3.93. The van der Waals surface area contributed by atoms with Crippen LogP contribution in [0.3, 0.4) is 0 Å². The molecule has 5 nitrogen and oxygen atoms in total. The third-order valence-corrected chi connectivity index (χ3v) is 4.48. The fourth-order valence-corrected chi connectivity index (χ4v) is 3.11. The minimum Gasteiger partial charge on any atom is -0.436 e. The van der Waals surface area contributed by atoms with E-state index in [0.717, 1.165) is 35.4 Å². The maximum Gasteiger partial charge on any atom is 0.284 e. The summed E-state index contributed by atoms with van der Waals surface area (Å²) in [7, 11) is 0. The van der Waals surface area contributed by atoms with E-state index in [1.807, 2.05) is 48.5 Å². The lowest BCUT2D eigenvalue weighted by molar-refractivity contribution is 0.591. The van der Waals surface area contributed by atoms with Gasteiger partial charge in [0.25, 0.3) is 5.56 Å². The van der Waals surface area contributed by atoms with Crippen molar-refractivity contribution in [2.45, 2.75) is 13.8 Å². The average molecular weight is 333 g/mol. The number of benzene rings is 2. The van der Waals surface area contributed by atoms with E-state index >= 15 is 0 Å². The fraction of sp³-hybridized carbons (Fsp3) is 0.200. The second kappa shape index (κ2) is 6.09. The number of hydrogen-bond donors (Lipinski definition) is 0. The van der Waals surface area contributed by atoms with Gasteiger partial charge in [-0.05, 0) is 44.2 Å². The molecule has 4 rings (SSSR count). The SMILES string of the molecule is CCN(CC)c1ccc2cc3c(=O)n(-c4ccccc4)nc-3oc2c1. The summed E-state index contributed by atoms with van der Waals surface area (Å²) >= 11 is 0. The molecule has 0 bridgehead atoms. The average Bonchev–Trinajstić information content (AvgIpc) is 2.97. The van der Waals surface area contributed by atoms with E-state index in [4.69, 9.17) is 4.42 Å². The van der Waals surface area contributed by atoms with Crippen LogP contribution in [0.5, 0.6) is 0 Å². The molecule has 2 heterocycles. The number of hydrogen-bond acceptors (Lipinski definition) is 4. The largest absolute Gasteiger partial charge is 0.436 e. The molecule has 0 N–H and O–H groups in total. The molecule has 0 aromatic heterocycles. The van der Waals surface area contributed by atoms with E-state index < -0.39 is 0 Å². The zero-order chi connectivity index (χ0) is 17.4. The summed E-state index contributed by atoms with van der Waals surface area (Å²) in [4.78, 5) is 14.9. The highest BCUT2D eigenvalue weighted by molar-refractivity contribution is 5.85. The Kier molecular flexibility index (Phi) is 3.76. The Morgan fingerprint density at radius 1 is 1.04 bits per heavy atom. The van der Waals surface area contributed by atoms with Crippen LogP contribution >= 0.6 is 0 Å². The van der Waals surface area contributed by atoms with Gasteiger partial charge in [-0.1, -0.05) is 18.2 Å². The lowest BCUT2D eigenvalue weighted by atomic mass is 10.1. The smallest absolute Gasteiger partial charge is 0.284 e. The van der Waals surface area contributed by atoms with E-state index in [0.29, 0.717) is 11.5 Å². The van der Waals surface area contributed by atoms with Crippen LogP contribution in [0.2, 0.25) is 0 Å². The summed E-state index contributed by atoms with van der Waals surface area (Å²) in [6.07, 6.45) is 0. The zero-order valence-corrected chi connectivity index (χ0v) is 14.3. The maximum absolute atomic E-state index is 12.7. The molecular formula is C20H19N3O2. The van der Waals surface area contributed by atoms with Crippen molar-refractivity contribution in [2.24, 2.45) is 0 Å². The first-order valence-corrected chi connectivity index (χ1v) is 8.48. The van der Waals surface area contributed by atoms with Crippen molar-refractivity contribution in [3.8, 4) is 17.1 Å². The molecular weight excluding hydrogens is 314 g/mol. The van der Waals surface area contributed by atoms with Gasteiger partial charge in [-0.25, -0.2) is 0 Å². The second-order valence-corrected chi connectivity index (χ2v) is 5.91. The van der Waals surface area contributed by atoms with Crippen LogP contribution in [0, 0.1) is 0 Å². The Balaban J connectivity index is 1.90. The molecule has 2 aliphatic heterocycles. The molecule has 0 saturated heterocycles. The van der Waals surface area contributed by atoms with E-state index in [-0.39, 0.29) is 5.56 Å². The van der Waals surface area contributed by atoms with Crippen LogP contribution in [0.25, 0.3) is 28.1 Å². The van der Waals surface area contributed by atoms with Crippen LogP contribution in [-0.2, 0) is 0 Å². The molecule has 0 saturated carbocycles. The van der Waals surface area contributed by atoms with Crippen molar-refractivity contribution < 1.29 is 4.42 Å². The number of rotatable bonds is 4. The van der Waals surface area contributed by atoms with Gasteiger partial charge in [0.2, 0.25) is 5.89 Å². The standard InChI is InChI=1S/C20H19N3O2/c1-3-22(4-2)16-11-10-14-12-17-19(25-18(14)13-16)21-23(20(17)24)15-8-6-5-7-9-15/h5-13H,3-4H2,1-2H3. The Hall–Kier alpha value is -3.08. The quantitative estimate of drug-likeness (QED) is 0.568. The van der Waals surface area contributed by atoms with Gasteiger partial charge in [0.1, 0.15) is 11.1 Å². The van der Waals surface area contributed by atoms with Crippen molar-refractivity contribution in [3.05, 3.63) is 65.0 Å². The lowest BCUT2D eigenvalue weighted by Gasteiger charge is -2.21. The van der Waals surface area contributed by atoms with Crippen molar-refractivity contribution in [2.75, 3.05) is 18.0 Å². The Bertz CT molecular complexity index is 1050. The van der Waals surface area contributed by atoms with Gasteiger partial charge in [0.05, 0.1) is 5.69 Å². The van der Waals surface area contributed by atoms with Crippen molar-refractivity contribution in [1.29, 1.82) is 0 Å². The number of fused-ring (bicyclic) bond motifs is 2. The zero-order valence-electron chi connectivity index (χ0n) is 14.3. The van der Waals surface area contributed by atoms with Gasteiger partial charge in [0, 0.05) is 30.2 Å². The van der Waals surface area contributed by atoms with E-state index in [1.54, 1.807) is 0 Å². The molecule has 2 aromatic rings. The van der Waals surface area contributed by atoms with Gasteiger partial charge in [-0.3, -0.25) is 4.79 Å². The molecule has 0 fully saturated rings. The molecule has 2 aromatic carbocycles. The summed E-state index contributed by atoms with van der Waals surface area (Å²) in [5, 5.41) is 5.27. The Morgan fingerprint density at radius 3 is 2.52 bits per heavy atom. The monoisotopic (exact) mass is 333 g/mol. The molecule has 126 valence electrons. The van der Waals surface area contributed by atoms with Gasteiger partial charge >= 0.3 is 0 Å². The summed E-state index contributed by atoms with van der Waals surface area (Å²) in [6.45, 7) is 6.10. The first kappa shape index (κ1) is 15.4. The molecule has 0 unspecified atom stereocenters. The summed E-state index contributed by atoms with van der Waals surface area (Å²) in [6, 6.07) is 17.3. The van der Waals surface area contributed by atoms with Gasteiger partial charge < -0.3 is 9.32 Å². The fourth-order valence-electron chi connectivity index (χ4n) is 3.11.